The molecule has 0 aliphatic carbocycles. The molecule has 1 aliphatic heterocycles. The molecule has 1 fully saturated rings. The number of imide groups is 1. The van der Waals surface area contributed by atoms with Gasteiger partial charge in [0.1, 0.15) is 0 Å². The number of carbonyl (C=O) groups excluding carboxylic acids is 2. The van der Waals surface area contributed by atoms with Crippen LogP contribution in [0.3, 0.4) is 0 Å². The van der Waals surface area contributed by atoms with Crippen molar-refractivity contribution in [2.24, 2.45) is 0 Å². The Hall–Kier alpha value is -2.25. The van der Waals surface area contributed by atoms with Crippen molar-refractivity contribution in [2.45, 2.75) is 6.54 Å². The highest BCUT2D eigenvalue weighted by Gasteiger charge is 2.34. The van der Waals surface area contributed by atoms with E-state index in [1.165, 1.54) is 23.1 Å². The molecule has 0 atom stereocenters. The van der Waals surface area contributed by atoms with E-state index in [1.54, 1.807) is 6.07 Å². The maximum Gasteiger partial charge on any atom is 0.293 e. The molecule has 0 spiro atoms. The van der Waals surface area contributed by atoms with Gasteiger partial charge in [-0.2, -0.15) is 0 Å². The number of amides is 2. The summed E-state index contributed by atoms with van der Waals surface area (Å²) < 4.78 is 0.924. The van der Waals surface area contributed by atoms with Crippen LogP contribution in [0.1, 0.15) is 11.1 Å². The van der Waals surface area contributed by atoms with Crippen LogP contribution in [0.4, 0.5) is 4.79 Å². The summed E-state index contributed by atoms with van der Waals surface area (Å²) in [6.45, 7) is 0.204. The number of hydrogen-bond donors (Lipinski definition) is 2. The molecule has 24 heavy (non-hydrogen) atoms. The normalized spacial score (nSPS) is 16.2. The topological polar surface area (TPSA) is 77.8 Å². The highest BCUT2D eigenvalue weighted by molar-refractivity contribution is 9.10. The predicted molar refractivity (Wildman–Crippen MR) is 95.4 cm³/mol. The van der Waals surface area contributed by atoms with Crippen LogP contribution < -0.4 is 0 Å². The van der Waals surface area contributed by atoms with Crippen molar-refractivity contribution in [3.8, 4) is 11.5 Å². The van der Waals surface area contributed by atoms with Crippen LogP contribution in [0, 0.1) is 0 Å². The predicted octanol–water partition coefficient (Wildman–Crippen LogP) is 4.10. The highest BCUT2D eigenvalue weighted by atomic mass is 79.9. The zero-order chi connectivity index (χ0) is 17.3. The summed E-state index contributed by atoms with van der Waals surface area (Å²) in [6.07, 6.45) is 1.52. The molecular formula is C17H12BrNO4S. The Morgan fingerprint density at radius 1 is 1.04 bits per heavy atom. The average molecular weight is 406 g/mol. The molecule has 2 amide bonds. The van der Waals surface area contributed by atoms with Gasteiger partial charge in [0.05, 0.1) is 11.4 Å². The number of phenolic OH excluding ortho intramolecular Hbond substituents is 2. The van der Waals surface area contributed by atoms with Gasteiger partial charge in [0, 0.05) is 4.47 Å². The number of nitrogens with zero attached hydrogens (tertiary/aromatic N) is 1. The van der Waals surface area contributed by atoms with Crippen molar-refractivity contribution >= 4 is 44.9 Å². The van der Waals surface area contributed by atoms with E-state index in [9.17, 15) is 19.8 Å². The van der Waals surface area contributed by atoms with Crippen LogP contribution in [-0.2, 0) is 11.3 Å². The van der Waals surface area contributed by atoms with Gasteiger partial charge in [-0.1, -0.05) is 34.1 Å². The van der Waals surface area contributed by atoms with Crippen LogP contribution in [0.5, 0.6) is 11.5 Å². The third kappa shape index (κ3) is 3.47. The first-order chi connectivity index (χ1) is 11.4. The minimum absolute atomic E-state index is 0.204. The summed E-state index contributed by atoms with van der Waals surface area (Å²) in [6, 6.07) is 11.6. The molecule has 2 aromatic carbocycles. The lowest BCUT2D eigenvalue weighted by Gasteiger charge is -2.12. The number of halogens is 1. The first-order valence-corrected chi connectivity index (χ1v) is 8.57. The maximum atomic E-state index is 12.4. The minimum atomic E-state index is -0.375. The highest BCUT2D eigenvalue weighted by Crippen LogP contribution is 2.34. The smallest absolute Gasteiger partial charge is 0.293 e. The van der Waals surface area contributed by atoms with E-state index in [0.717, 1.165) is 21.8 Å². The second-order valence-electron chi connectivity index (χ2n) is 5.14. The van der Waals surface area contributed by atoms with Gasteiger partial charge in [0.25, 0.3) is 11.1 Å². The zero-order valence-corrected chi connectivity index (χ0v) is 14.7. The molecular weight excluding hydrogens is 394 g/mol. The molecule has 1 heterocycles. The lowest BCUT2D eigenvalue weighted by atomic mass is 10.2. The maximum absolute atomic E-state index is 12.4. The summed E-state index contributed by atoms with van der Waals surface area (Å²) in [4.78, 5) is 26.0. The summed E-state index contributed by atoms with van der Waals surface area (Å²) in [7, 11) is 0. The largest absolute Gasteiger partial charge is 0.504 e. The second-order valence-corrected chi connectivity index (χ2v) is 7.05. The van der Waals surface area contributed by atoms with Gasteiger partial charge in [0.15, 0.2) is 11.5 Å². The van der Waals surface area contributed by atoms with Crippen LogP contribution in [0.25, 0.3) is 6.08 Å². The molecule has 2 aromatic rings. The number of rotatable bonds is 3. The fourth-order valence-electron chi connectivity index (χ4n) is 2.19. The van der Waals surface area contributed by atoms with Crippen molar-refractivity contribution in [2.75, 3.05) is 0 Å². The molecule has 0 saturated carbocycles. The van der Waals surface area contributed by atoms with Crippen molar-refractivity contribution in [1.82, 2.24) is 4.90 Å². The van der Waals surface area contributed by atoms with Crippen LogP contribution in [0.2, 0.25) is 0 Å². The molecule has 7 heteroatoms. The molecule has 0 aromatic heterocycles. The minimum Gasteiger partial charge on any atom is -0.504 e. The van der Waals surface area contributed by atoms with Crippen molar-refractivity contribution < 1.29 is 19.8 Å². The van der Waals surface area contributed by atoms with Crippen LogP contribution in [-0.4, -0.2) is 26.3 Å². The Bertz CT molecular complexity index is 848. The second kappa shape index (κ2) is 6.70. The van der Waals surface area contributed by atoms with Gasteiger partial charge in [-0.3, -0.25) is 14.5 Å². The van der Waals surface area contributed by atoms with Gasteiger partial charge in [-0.25, -0.2) is 0 Å². The van der Waals surface area contributed by atoms with Gasteiger partial charge in [0.2, 0.25) is 0 Å². The van der Waals surface area contributed by atoms with Crippen LogP contribution in [0.15, 0.2) is 51.8 Å². The molecule has 1 aliphatic rings. The number of hydrogen-bond acceptors (Lipinski definition) is 5. The van der Waals surface area contributed by atoms with Crippen molar-refractivity contribution in [3.63, 3.8) is 0 Å². The van der Waals surface area contributed by atoms with E-state index in [1.807, 2.05) is 24.3 Å². The molecule has 0 radical (unpaired) electrons. The van der Waals surface area contributed by atoms with Crippen LogP contribution >= 0.6 is 27.7 Å². The van der Waals surface area contributed by atoms with Gasteiger partial charge in [-0.15, -0.1) is 0 Å². The molecule has 5 nitrogen and oxygen atoms in total. The quantitative estimate of drug-likeness (QED) is 0.593. The molecule has 0 unspecified atom stereocenters. The van der Waals surface area contributed by atoms with Gasteiger partial charge >= 0.3 is 0 Å². The SMILES string of the molecule is O=C1SC(=Cc2ccc(O)c(O)c2)C(=O)N1Cc1ccc(Br)cc1. The number of benzene rings is 2. The van der Waals surface area contributed by atoms with E-state index >= 15 is 0 Å². The Labute approximate surface area is 150 Å². The Morgan fingerprint density at radius 2 is 1.75 bits per heavy atom. The summed E-state index contributed by atoms with van der Waals surface area (Å²) in [5.41, 5.74) is 1.38. The summed E-state index contributed by atoms with van der Waals surface area (Å²) >= 11 is 4.19. The molecule has 122 valence electrons. The third-order valence-corrected chi connectivity index (χ3v) is 4.86. The fourth-order valence-corrected chi connectivity index (χ4v) is 3.29. The summed E-state index contributed by atoms with van der Waals surface area (Å²) in [5.74, 6) is -0.895. The third-order valence-electron chi connectivity index (χ3n) is 3.42. The van der Waals surface area contributed by atoms with E-state index in [-0.39, 0.29) is 34.1 Å². The lowest BCUT2D eigenvalue weighted by Crippen LogP contribution is -2.27. The fraction of sp³-hybridized carbons (Fsp3) is 0.0588. The molecule has 3 rings (SSSR count). The Kier molecular flexibility index (Phi) is 4.64. The van der Waals surface area contributed by atoms with E-state index in [4.69, 9.17) is 0 Å². The average Bonchev–Trinajstić information content (AvgIpc) is 2.80. The van der Waals surface area contributed by atoms with Gasteiger partial charge in [-0.05, 0) is 53.2 Å². The van der Waals surface area contributed by atoms with E-state index in [2.05, 4.69) is 15.9 Å². The molecule has 0 bridgehead atoms. The number of carbonyl (C=O) groups is 2. The first-order valence-electron chi connectivity index (χ1n) is 6.96. The lowest BCUT2D eigenvalue weighted by molar-refractivity contribution is -0.123. The Balaban J connectivity index is 1.81. The van der Waals surface area contributed by atoms with E-state index < -0.39 is 0 Å². The Morgan fingerprint density at radius 3 is 2.42 bits per heavy atom. The monoisotopic (exact) mass is 405 g/mol. The number of aromatic hydroxyl groups is 2. The van der Waals surface area contributed by atoms with E-state index in [0.29, 0.717) is 5.56 Å². The zero-order valence-electron chi connectivity index (χ0n) is 12.3. The first kappa shape index (κ1) is 16.6. The van der Waals surface area contributed by atoms with Crippen molar-refractivity contribution in [3.05, 3.63) is 63.0 Å². The molecule has 2 N–H and O–H groups in total. The van der Waals surface area contributed by atoms with Crippen molar-refractivity contribution in [1.29, 1.82) is 0 Å². The summed E-state index contributed by atoms with van der Waals surface area (Å²) in [5, 5.41) is 18.5. The standard InChI is InChI=1S/C17H12BrNO4S/c18-12-4-1-10(2-5-12)9-19-16(22)15(24-17(19)23)8-11-3-6-13(20)14(21)7-11/h1-8,20-21H,9H2. The number of phenols is 2. The number of thioether (sulfide) groups is 1. The van der Waals surface area contributed by atoms with Gasteiger partial charge < -0.3 is 10.2 Å². The molecule has 1 saturated heterocycles.